The van der Waals surface area contributed by atoms with Gasteiger partial charge in [-0.3, -0.25) is 0 Å². The maximum Gasteiger partial charge on any atom is 0.248 e. The third-order valence-corrected chi connectivity index (χ3v) is 5.12. The van der Waals surface area contributed by atoms with Crippen LogP contribution in [0.4, 0.5) is 5.69 Å². The smallest absolute Gasteiger partial charge is 0.248 e. The van der Waals surface area contributed by atoms with Crippen molar-refractivity contribution in [3.8, 4) is 51.9 Å². The summed E-state index contributed by atoms with van der Waals surface area (Å²) in [7, 11) is 3.98. The summed E-state index contributed by atoms with van der Waals surface area (Å²) in [6.07, 6.45) is 0. The summed E-state index contributed by atoms with van der Waals surface area (Å²) < 4.78 is 11.7. The average molecular weight is 434 g/mol. The van der Waals surface area contributed by atoms with Crippen LogP contribution in [0.2, 0.25) is 0 Å². The Bertz CT molecular complexity index is 1430. The van der Waals surface area contributed by atoms with Gasteiger partial charge in [-0.15, -0.1) is 20.4 Å². The van der Waals surface area contributed by atoms with Crippen LogP contribution in [0.15, 0.2) is 81.6 Å². The Balaban J connectivity index is 1.34. The summed E-state index contributed by atoms with van der Waals surface area (Å²) in [5, 5.41) is 25.5. The van der Waals surface area contributed by atoms with Crippen molar-refractivity contribution < 1.29 is 8.83 Å². The molecule has 0 saturated carbocycles. The van der Waals surface area contributed by atoms with Crippen molar-refractivity contribution in [2.45, 2.75) is 0 Å². The second-order valence-corrected chi connectivity index (χ2v) is 7.53. The molecular formula is C25H18N6O2. The molecule has 8 heteroatoms. The van der Waals surface area contributed by atoms with Gasteiger partial charge in [-0.1, -0.05) is 0 Å². The van der Waals surface area contributed by atoms with E-state index in [0.29, 0.717) is 29.1 Å². The van der Waals surface area contributed by atoms with E-state index < -0.39 is 0 Å². The molecule has 3 aromatic carbocycles. The normalized spacial score (nSPS) is 10.7. The minimum absolute atomic E-state index is 0.389. The van der Waals surface area contributed by atoms with Gasteiger partial charge < -0.3 is 13.7 Å². The SMILES string of the molecule is CN(C)c1ccc(-c2nnc(-c3ccc(-c4nnc(-c5ccc(C#N)cc5)o4)cc3)o2)cc1. The molecule has 0 atom stereocenters. The molecule has 5 aromatic rings. The Hall–Kier alpha value is -4.77. The van der Waals surface area contributed by atoms with E-state index in [2.05, 4.69) is 26.5 Å². The number of nitrogens with zero attached hydrogens (tertiary/aromatic N) is 6. The lowest BCUT2D eigenvalue weighted by Crippen LogP contribution is -2.07. The standard InChI is InChI=1S/C25H18N6O2/c1-31(2)21-13-11-20(12-14-21)25-30-29-24(33-25)19-9-7-18(8-10-19)23-28-27-22(32-23)17-5-3-16(15-26)4-6-17/h3-14H,1-2H3. The lowest BCUT2D eigenvalue weighted by atomic mass is 10.1. The lowest BCUT2D eigenvalue weighted by molar-refractivity contribution is 0.582. The molecule has 0 saturated heterocycles. The second-order valence-electron chi connectivity index (χ2n) is 7.53. The van der Waals surface area contributed by atoms with Crippen LogP contribution < -0.4 is 4.90 Å². The molecule has 8 nitrogen and oxygen atoms in total. The first kappa shape index (κ1) is 20.2. The minimum atomic E-state index is 0.389. The predicted molar refractivity (Wildman–Crippen MR) is 123 cm³/mol. The van der Waals surface area contributed by atoms with Crippen molar-refractivity contribution in [1.82, 2.24) is 20.4 Å². The summed E-state index contributed by atoms with van der Waals surface area (Å²) in [6.45, 7) is 0. The summed E-state index contributed by atoms with van der Waals surface area (Å²) in [6, 6.07) is 24.4. The van der Waals surface area contributed by atoms with Crippen LogP contribution >= 0.6 is 0 Å². The van der Waals surface area contributed by atoms with E-state index in [1.807, 2.05) is 67.5 Å². The quantitative estimate of drug-likeness (QED) is 0.378. The van der Waals surface area contributed by atoms with Crippen LogP contribution in [0.25, 0.3) is 45.8 Å². The maximum atomic E-state index is 8.93. The first-order chi connectivity index (χ1) is 16.1. The molecule has 5 rings (SSSR count). The van der Waals surface area contributed by atoms with Crippen LogP contribution in [-0.2, 0) is 0 Å². The van der Waals surface area contributed by atoms with E-state index in [1.165, 1.54) is 0 Å². The number of rotatable bonds is 5. The zero-order valence-corrected chi connectivity index (χ0v) is 17.9. The molecule has 0 radical (unpaired) electrons. The van der Waals surface area contributed by atoms with Crippen LogP contribution in [0.3, 0.4) is 0 Å². The fourth-order valence-electron chi connectivity index (χ4n) is 3.26. The third-order valence-electron chi connectivity index (χ3n) is 5.12. The number of aromatic nitrogens is 4. The third kappa shape index (κ3) is 4.07. The van der Waals surface area contributed by atoms with Gasteiger partial charge in [0.15, 0.2) is 0 Å². The Kier molecular flexibility index (Phi) is 5.13. The number of nitriles is 1. The average Bonchev–Trinajstić information content (AvgIpc) is 3.55. The Morgan fingerprint density at radius 3 is 1.24 bits per heavy atom. The molecule has 0 unspecified atom stereocenters. The van der Waals surface area contributed by atoms with Crippen LogP contribution in [0.1, 0.15) is 5.56 Å². The van der Waals surface area contributed by atoms with E-state index in [-0.39, 0.29) is 0 Å². The first-order valence-corrected chi connectivity index (χ1v) is 10.2. The fraction of sp³-hybridized carbons (Fsp3) is 0.0800. The molecule has 0 aliphatic heterocycles. The van der Waals surface area contributed by atoms with Crippen LogP contribution in [0.5, 0.6) is 0 Å². The van der Waals surface area contributed by atoms with Gasteiger partial charge in [0.1, 0.15) is 0 Å². The molecule has 0 aliphatic rings. The molecule has 160 valence electrons. The van der Waals surface area contributed by atoms with Crippen LogP contribution in [-0.4, -0.2) is 34.5 Å². The predicted octanol–water partition coefficient (Wildman–Crippen LogP) is 5.06. The largest absolute Gasteiger partial charge is 0.416 e. The zero-order valence-electron chi connectivity index (χ0n) is 17.9. The Morgan fingerprint density at radius 1 is 0.576 bits per heavy atom. The van der Waals surface area contributed by atoms with E-state index in [1.54, 1.807) is 24.3 Å². The lowest BCUT2D eigenvalue weighted by Gasteiger charge is -2.11. The first-order valence-electron chi connectivity index (χ1n) is 10.2. The van der Waals surface area contributed by atoms with Gasteiger partial charge >= 0.3 is 0 Å². The monoisotopic (exact) mass is 434 g/mol. The van der Waals surface area contributed by atoms with E-state index in [4.69, 9.17) is 14.1 Å². The van der Waals surface area contributed by atoms with Gasteiger partial charge in [-0.05, 0) is 72.8 Å². The van der Waals surface area contributed by atoms with E-state index in [0.717, 1.165) is 27.9 Å². The highest BCUT2D eigenvalue weighted by molar-refractivity contribution is 5.64. The second kappa shape index (κ2) is 8.40. The van der Waals surface area contributed by atoms with Gasteiger partial charge in [0.25, 0.3) is 0 Å². The highest BCUT2D eigenvalue weighted by atomic mass is 16.4. The zero-order chi connectivity index (χ0) is 22.8. The molecule has 0 spiro atoms. The molecule has 0 aliphatic carbocycles. The van der Waals surface area contributed by atoms with Crippen molar-refractivity contribution in [3.63, 3.8) is 0 Å². The molecule has 2 aromatic heterocycles. The maximum absolute atomic E-state index is 8.93. The van der Waals surface area contributed by atoms with Gasteiger partial charge in [-0.2, -0.15) is 5.26 Å². The Labute approximate surface area is 189 Å². The number of anilines is 1. The summed E-state index contributed by atoms with van der Waals surface area (Å²) in [5.41, 5.74) is 4.83. The molecule has 0 amide bonds. The molecule has 33 heavy (non-hydrogen) atoms. The molecule has 0 fully saturated rings. The van der Waals surface area contributed by atoms with Gasteiger partial charge in [-0.25, -0.2) is 0 Å². The van der Waals surface area contributed by atoms with Gasteiger partial charge in [0.2, 0.25) is 23.6 Å². The minimum Gasteiger partial charge on any atom is -0.416 e. The summed E-state index contributed by atoms with van der Waals surface area (Å²) in [5.74, 6) is 1.67. The molecular weight excluding hydrogens is 416 g/mol. The Morgan fingerprint density at radius 2 is 0.909 bits per heavy atom. The fourth-order valence-corrected chi connectivity index (χ4v) is 3.26. The van der Waals surface area contributed by atoms with Crippen molar-refractivity contribution in [2.75, 3.05) is 19.0 Å². The number of hydrogen-bond acceptors (Lipinski definition) is 8. The highest BCUT2D eigenvalue weighted by Gasteiger charge is 2.14. The summed E-state index contributed by atoms with van der Waals surface area (Å²) >= 11 is 0. The van der Waals surface area contributed by atoms with Gasteiger partial charge in [0, 0.05) is 42.0 Å². The molecule has 0 N–H and O–H groups in total. The van der Waals surface area contributed by atoms with Crippen molar-refractivity contribution >= 4 is 5.69 Å². The topological polar surface area (TPSA) is 105 Å². The number of benzene rings is 3. The van der Waals surface area contributed by atoms with Crippen molar-refractivity contribution in [3.05, 3.63) is 78.4 Å². The molecule has 0 bridgehead atoms. The molecule has 2 heterocycles. The summed E-state index contributed by atoms with van der Waals surface area (Å²) in [4.78, 5) is 2.03. The van der Waals surface area contributed by atoms with Gasteiger partial charge in [0.05, 0.1) is 11.6 Å². The van der Waals surface area contributed by atoms with Crippen molar-refractivity contribution in [2.24, 2.45) is 0 Å². The van der Waals surface area contributed by atoms with E-state index in [9.17, 15) is 0 Å². The number of hydrogen-bond donors (Lipinski definition) is 0. The van der Waals surface area contributed by atoms with E-state index >= 15 is 0 Å². The van der Waals surface area contributed by atoms with Crippen LogP contribution in [0, 0.1) is 11.3 Å². The highest BCUT2D eigenvalue weighted by Crippen LogP contribution is 2.28. The van der Waals surface area contributed by atoms with Crippen molar-refractivity contribution in [1.29, 1.82) is 5.26 Å².